The number of carbonyl (C=O) groups excluding carboxylic acids is 2. The fourth-order valence-corrected chi connectivity index (χ4v) is 2.09. The van der Waals surface area contributed by atoms with Crippen LogP contribution in [0, 0.1) is 0 Å². The first kappa shape index (κ1) is 20.6. The number of aliphatic hydroxyl groups excluding tert-OH is 4. The second-order valence-corrected chi connectivity index (χ2v) is 6.63. The van der Waals surface area contributed by atoms with Gasteiger partial charge in [0, 0.05) is 0 Å². The first-order valence-electron chi connectivity index (χ1n) is 7.56. The highest BCUT2D eigenvalue weighted by atomic mass is 16.6. The smallest absolute Gasteiger partial charge is 0.408 e. The summed E-state index contributed by atoms with van der Waals surface area (Å²) in [5.41, 5.74) is -0.729. The van der Waals surface area contributed by atoms with Gasteiger partial charge in [-0.2, -0.15) is 0 Å². The molecule has 140 valence electrons. The molecule has 1 aliphatic heterocycles. The van der Waals surface area contributed by atoms with Gasteiger partial charge < -0.3 is 40.5 Å². The second-order valence-electron chi connectivity index (χ2n) is 6.63. The molecule has 0 aliphatic carbocycles. The van der Waals surface area contributed by atoms with E-state index in [4.69, 9.17) is 14.6 Å². The van der Waals surface area contributed by atoms with E-state index < -0.39 is 60.9 Å². The summed E-state index contributed by atoms with van der Waals surface area (Å²) in [5.74, 6) is -0.720. The second kappa shape index (κ2) is 8.08. The molecule has 0 spiro atoms. The van der Waals surface area contributed by atoms with Crippen LogP contribution in [0.3, 0.4) is 0 Å². The molecule has 1 fully saturated rings. The normalized spacial score (nSPS) is 31.9. The summed E-state index contributed by atoms with van der Waals surface area (Å²) < 4.78 is 9.94. The molecule has 6 unspecified atom stereocenters. The molecule has 10 heteroatoms. The lowest BCUT2D eigenvalue weighted by Gasteiger charge is -2.40. The van der Waals surface area contributed by atoms with E-state index >= 15 is 0 Å². The maximum Gasteiger partial charge on any atom is 0.408 e. The number of hydrogen-bond acceptors (Lipinski definition) is 8. The first-order chi connectivity index (χ1) is 11.0. The van der Waals surface area contributed by atoms with Crippen molar-refractivity contribution in [3.63, 3.8) is 0 Å². The molecule has 0 bridgehead atoms. The van der Waals surface area contributed by atoms with Crippen LogP contribution in [0.1, 0.15) is 27.7 Å². The van der Waals surface area contributed by atoms with E-state index in [1.165, 1.54) is 6.92 Å². The predicted molar refractivity (Wildman–Crippen MR) is 80.7 cm³/mol. The molecule has 0 aromatic carbocycles. The van der Waals surface area contributed by atoms with Crippen LogP contribution in [0.15, 0.2) is 0 Å². The Hall–Kier alpha value is -1.46. The van der Waals surface area contributed by atoms with E-state index in [1.807, 2.05) is 0 Å². The lowest BCUT2D eigenvalue weighted by Crippen LogP contribution is -2.65. The Labute approximate surface area is 139 Å². The van der Waals surface area contributed by atoms with Gasteiger partial charge in [-0.15, -0.1) is 0 Å². The molecular formula is C14H26N2O8. The summed E-state index contributed by atoms with van der Waals surface area (Å²) in [4.78, 5) is 23.7. The summed E-state index contributed by atoms with van der Waals surface area (Å²) in [6.07, 6.45) is -6.63. The van der Waals surface area contributed by atoms with E-state index in [0.717, 1.165) is 0 Å². The van der Waals surface area contributed by atoms with Gasteiger partial charge in [-0.05, 0) is 27.7 Å². The molecule has 6 N–H and O–H groups in total. The van der Waals surface area contributed by atoms with Gasteiger partial charge in [0.2, 0.25) is 5.91 Å². The van der Waals surface area contributed by atoms with Crippen molar-refractivity contribution in [3.05, 3.63) is 0 Å². The van der Waals surface area contributed by atoms with Crippen LogP contribution in [0.4, 0.5) is 4.79 Å². The van der Waals surface area contributed by atoms with Crippen molar-refractivity contribution in [2.24, 2.45) is 0 Å². The molecule has 1 saturated heterocycles. The van der Waals surface area contributed by atoms with Crippen LogP contribution in [0.5, 0.6) is 0 Å². The molecule has 1 rings (SSSR count). The van der Waals surface area contributed by atoms with Gasteiger partial charge in [-0.3, -0.25) is 4.79 Å². The zero-order valence-electron chi connectivity index (χ0n) is 14.1. The minimum Gasteiger partial charge on any atom is -0.444 e. The van der Waals surface area contributed by atoms with Gasteiger partial charge in [0.25, 0.3) is 0 Å². The Morgan fingerprint density at radius 3 is 2.29 bits per heavy atom. The van der Waals surface area contributed by atoms with Gasteiger partial charge in [-0.25, -0.2) is 4.79 Å². The SMILES string of the molecule is CC(NC(=O)OC(C)(C)C)C(=O)NC1C(O)OC(CO)C(O)C1O. The Morgan fingerprint density at radius 2 is 1.79 bits per heavy atom. The minimum atomic E-state index is -1.63. The average molecular weight is 350 g/mol. The van der Waals surface area contributed by atoms with Gasteiger partial charge in [0.1, 0.15) is 36.0 Å². The molecule has 0 aromatic heterocycles. The van der Waals surface area contributed by atoms with Crippen molar-refractivity contribution >= 4 is 12.0 Å². The molecule has 10 nitrogen and oxygen atoms in total. The van der Waals surface area contributed by atoms with Crippen molar-refractivity contribution in [1.82, 2.24) is 10.6 Å². The molecular weight excluding hydrogens is 324 g/mol. The number of alkyl carbamates (subject to hydrolysis) is 1. The van der Waals surface area contributed by atoms with Gasteiger partial charge in [0.05, 0.1) is 6.61 Å². The molecule has 0 radical (unpaired) electrons. The van der Waals surface area contributed by atoms with Gasteiger partial charge in [0.15, 0.2) is 6.29 Å². The third-order valence-electron chi connectivity index (χ3n) is 3.34. The summed E-state index contributed by atoms with van der Waals surface area (Å²) in [6.45, 7) is 5.79. The van der Waals surface area contributed by atoms with E-state index in [0.29, 0.717) is 0 Å². The van der Waals surface area contributed by atoms with Crippen LogP contribution in [0.25, 0.3) is 0 Å². The lowest BCUT2D eigenvalue weighted by atomic mass is 9.97. The number of hydrogen-bond donors (Lipinski definition) is 6. The summed E-state index contributed by atoms with van der Waals surface area (Å²) >= 11 is 0. The van der Waals surface area contributed by atoms with Gasteiger partial charge >= 0.3 is 6.09 Å². The number of amides is 2. The minimum absolute atomic E-state index is 0.605. The molecule has 1 heterocycles. The predicted octanol–water partition coefficient (Wildman–Crippen LogP) is -2.18. The third-order valence-corrected chi connectivity index (χ3v) is 3.34. The average Bonchev–Trinajstić information content (AvgIpc) is 2.44. The van der Waals surface area contributed by atoms with E-state index in [2.05, 4.69) is 10.6 Å². The van der Waals surface area contributed by atoms with Crippen LogP contribution < -0.4 is 10.6 Å². The fraction of sp³-hybridized carbons (Fsp3) is 0.857. The highest BCUT2D eigenvalue weighted by Crippen LogP contribution is 2.19. The number of aliphatic hydroxyl groups is 4. The highest BCUT2D eigenvalue weighted by Gasteiger charge is 2.44. The Balaban J connectivity index is 2.61. The number of nitrogens with one attached hydrogen (secondary N) is 2. The van der Waals surface area contributed by atoms with Crippen molar-refractivity contribution in [2.75, 3.05) is 6.61 Å². The Bertz CT molecular complexity index is 453. The first-order valence-corrected chi connectivity index (χ1v) is 7.56. The number of rotatable bonds is 4. The van der Waals surface area contributed by atoms with Crippen LogP contribution in [0.2, 0.25) is 0 Å². The van der Waals surface area contributed by atoms with Crippen LogP contribution in [-0.4, -0.2) is 81.3 Å². The highest BCUT2D eigenvalue weighted by molar-refractivity contribution is 5.85. The largest absolute Gasteiger partial charge is 0.444 e. The molecule has 2 amide bonds. The Kier molecular flexibility index (Phi) is 6.93. The molecule has 24 heavy (non-hydrogen) atoms. The quantitative estimate of drug-likeness (QED) is 0.334. The molecule has 1 aliphatic rings. The standard InChI is InChI=1S/C14H26N2O8/c1-6(15-13(22)24-14(2,3)4)11(20)16-8-10(19)9(18)7(5-17)23-12(8)21/h6-10,12,17-19,21H,5H2,1-4H3,(H,15,22)(H,16,20). The Morgan fingerprint density at radius 1 is 1.21 bits per heavy atom. The number of ether oxygens (including phenoxy) is 2. The van der Waals surface area contributed by atoms with Crippen LogP contribution >= 0.6 is 0 Å². The third kappa shape index (κ3) is 5.56. The van der Waals surface area contributed by atoms with Crippen LogP contribution in [-0.2, 0) is 14.3 Å². The maximum absolute atomic E-state index is 12.1. The van der Waals surface area contributed by atoms with Crippen molar-refractivity contribution < 1.29 is 39.5 Å². The van der Waals surface area contributed by atoms with E-state index in [-0.39, 0.29) is 0 Å². The lowest BCUT2D eigenvalue weighted by molar-refractivity contribution is -0.253. The van der Waals surface area contributed by atoms with E-state index in [1.54, 1.807) is 20.8 Å². The zero-order chi connectivity index (χ0) is 18.7. The van der Waals surface area contributed by atoms with Crippen molar-refractivity contribution in [1.29, 1.82) is 0 Å². The molecule has 6 atom stereocenters. The van der Waals surface area contributed by atoms with E-state index in [9.17, 15) is 24.9 Å². The monoisotopic (exact) mass is 350 g/mol. The van der Waals surface area contributed by atoms with Crippen molar-refractivity contribution in [2.45, 2.75) is 70.0 Å². The number of carbonyl (C=O) groups is 2. The maximum atomic E-state index is 12.1. The molecule has 0 saturated carbocycles. The zero-order valence-corrected chi connectivity index (χ0v) is 14.1. The summed E-state index contributed by atoms with van der Waals surface area (Å²) in [7, 11) is 0. The molecule has 0 aromatic rings. The van der Waals surface area contributed by atoms with Crippen molar-refractivity contribution in [3.8, 4) is 0 Å². The fourth-order valence-electron chi connectivity index (χ4n) is 2.09. The topological polar surface area (TPSA) is 158 Å². The summed E-state index contributed by atoms with van der Waals surface area (Å²) in [5, 5.41) is 43.1. The summed E-state index contributed by atoms with van der Waals surface area (Å²) in [6, 6.07) is -2.34. The van der Waals surface area contributed by atoms with Gasteiger partial charge in [-0.1, -0.05) is 0 Å².